The molecule has 1 amide bonds. The van der Waals surface area contributed by atoms with Gasteiger partial charge in [-0.05, 0) is 28.8 Å². The third kappa shape index (κ3) is 5.17. The van der Waals surface area contributed by atoms with Crippen molar-refractivity contribution in [1.82, 2.24) is 5.32 Å². The molecule has 148 valence electrons. The van der Waals surface area contributed by atoms with E-state index >= 15 is 0 Å². The highest BCUT2D eigenvalue weighted by Gasteiger charge is 2.28. The summed E-state index contributed by atoms with van der Waals surface area (Å²) >= 11 is 12.4. The monoisotopic (exact) mass is 427 g/mol. The predicted molar refractivity (Wildman–Crippen MR) is 114 cm³/mol. The Kier molecular flexibility index (Phi) is 6.91. The number of carboxylic acids is 1. The summed E-state index contributed by atoms with van der Waals surface area (Å²) in [4.78, 5) is 25.0. The minimum atomic E-state index is -1.17. The fraction of sp³-hybridized carbons (Fsp3) is 0.130. The average Bonchev–Trinajstić information content (AvgIpc) is 2.71. The fourth-order valence-corrected chi connectivity index (χ4v) is 3.72. The average molecular weight is 428 g/mol. The molecule has 0 spiro atoms. The maximum absolute atomic E-state index is 13.2. The van der Waals surface area contributed by atoms with E-state index in [4.69, 9.17) is 23.2 Å². The van der Waals surface area contributed by atoms with Crippen LogP contribution in [0.25, 0.3) is 0 Å². The van der Waals surface area contributed by atoms with E-state index < -0.39 is 23.8 Å². The van der Waals surface area contributed by atoms with E-state index in [1.54, 1.807) is 18.2 Å². The summed E-state index contributed by atoms with van der Waals surface area (Å²) in [5, 5.41) is 13.1. The molecule has 0 bridgehead atoms. The van der Waals surface area contributed by atoms with Crippen LogP contribution < -0.4 is 5.32 Å². The van der Waals surface area contributed by atoms with Gasteiger partial charge in [0, 0.05) is 16.5 Å². The zero-order chi connectivity index (χ0) is 20.8. The minimum Gasteiger partial charge on any atom is -0.480 e. The zero-order valence-corrected chi connectivity index (χ0v) is 16.9. The quantitative estimate of drug-likeness (QED) is 0.561. The molecule has 0 fully saturated rings. The number of rotatable bonds is 7. The number of aliphatic carboxylic acids is 1. The summed E-state index contributed by atoms with van der Waals surface area (Å²) < 4.78 is 0. The standard InChI is InChI=1S/C23H19Cl2NO3/c24-18-12-7-13-19(25)17(18)14-20(23(28)29)26-22(27)21(15-8-3-1-4-9-15)16-10-5-2-6-11-16/h1-13,20-21H,14H2,(H,26,27)(H,28,29)/t20-/m1/s1. The number of nitrogens with one attached hydrogen (secondary N) is 1. The van der Waals surface area contributed by atoms with Crippen LogP contribution in [0.4, 0.5) is 0 Å². The van der Waals surface area contributed by atoms with Gasteiger partial charge in [-0.2, -0.15) is 0 Å². The van der Waals surface area contributed by atoms with Crippen molar-refractivity contribution in [1.29, 1.82) is 0 Å². The van der Waals surface area contributed by atoms with E-state index in [9.17, 15) is 14.7 Å². The SMILES string of the molecule is O=C(N[C@H](Cc1c(Cl)cccc1Cl)C(=O)O)C(c1ccccc1)c1ccccc1. The van der Waals surface area contributed by atoms with Gasteiger partial charge in [-0.3, -0.25) is 4.79 Å². The molecule has 0 radical (unpaired) electrons. The van der Waals surface area contributed by atoms with Gasteiger partial charge in [-0.1, -0.05) is 89.9 Å². The molecule has 0 unspecified atom stereocenters. The third-order valence-corrected chi connectivity index (χ3v) is 5.32. The number of hydrogen-bond donors (Lipinski definition) is 2. The fourth-order valence-electron chi connectivity index (χ4n) is 3.17. The van der Waals surface area contributed by atoms with Crippen molar-refractivity contribution < 1.29 is 14.7 Å². The molecule has 3 aromatic rings. The lowest BCUT2D eigenvalue weighted by Gasteiger charge is -2.22. The highest BCUT2D eigenvalue weighted by atomic mass is 35.5. The van der Waals surface area contributed by atoms with Gasteiger partial charge in [0.1, 0.15) is 6.04 Å². The maximum atomic E-state index is 13.2. The predicted octanol–water partition coefficient (Wildman–Crippen LogP) is 4.94. The summed E-state index contributed by atoms with van der Waals surface area (Å²) in [6, 6.07) is 22.3. The molecule has 6 heteroatoms. The second kappa shape index (κ2) is 9.59. The maximum Gasteiger partial charge on any atom is 0.326 e. The molecule has 0 aliphatic carbocycles. The smallest absolute Gasteiger partial charge is 0.326 e. The first-order valence-corrected chi connectivity index (χ1v) is 9.79. The number of amides is 1. The number of hydrogen-bond acceptors (Lipinski definition) is 2. The number of carboxylic acid groups (broad SMARTS) is 1. The van der Waals surface area contributed by atoms with E-state index in [1.165, 1.54) is 0 Å². The van der Waals surface area contributed by atoms with Crippen LogP contribution in [0.3, 0.4) is 0 Å². The van der Waals surface area contributed by atoms with Gasteiger partial charge in [-0.15, -0.1) is 0 Å². The van der Waals surface area contributed by atoms with E-state index in [-0.39, 0.29) is 6.42 Å². The molecule has 0 aliphatic rings. The van der Waals surface area contributed by atoms with Gasteiger partial charge >= 0.3 is 5.97 Å². The molecular weight excluding hydrogens is 409 g/mol. The molecule has 3 aromatic carbocycles. The first-order valence-electron chi connectivity index (χ1n) is 9.03. The summed E-state index contributed by atoms with van der Waals surface area (Å²) in [7, 11) is 0. The Bertz CT molecular complexity index is 934. The van der Waals surface area contributed by atoms with Crippen LogP contribution in [0.5, 0.6) is 0 Å². The van der Waals surface area contributed by atoms with Crippen molar-refractivity contribution in [2.75, 3.05) is 0 Å². The van der Waals surface area contributed by atoms with Crippen LogP contribution in [-0.2, 0) is 16.0 Å². The van der Waals surface area contributed by atoms with Gasteiger partial charge in [0.05, 0.1) is 5.92 Å². The largest absolute Gasteiger partial charge is 0.480 e. The number of benzene rings is 3. The lowest BCUT2D eigenvalue weighted by atomic mass is 9.90. The molecule has 1 atom stereocenters. The van der Waals surface area contributed by atoms with Gasteiger partial charge < -0.3 is 10.4 Å². The highest BCUT2D eigenvalue weighted by Crippen LogP contribution is 2.27. The molecule has 0 saturated carbocycles. The third-order valence-electron chi connectivity index (χ3n) is 4.61. The normalized spacial score (nSPS) is 11.8. The summed E-state index contributed by atoms with van der Waals surface area (Å²) in [5.41, 5.74) is 2.03. The molecule has 2 N–H and O–H groups in total. The van der Waals surface area contributed by atoms with Crippen LogP contribution in [0, 0.1) is 0 Å². The Morgan fingerprint density at radius 1 is 0.793 bits per heavy atom. The lowest BCUT2D eigenvalue weighted by molar-refractivity contribution is -0.141. The highest BCUT2D eigenvalue weighted by molar-refractivity contribution is 6.36. The van der Waals surface area contributed by atoms with Gasteiger partial charge in [0.25, 0.3) is 0 Å². The summed E-state index contributed by atoms with van der Waals surface area (Å²) in [6.45, 7) is 0. The van der Waals surface area contributed by atoms with Crippen LogP contribution in [-0.4, -0.2) is 23.0 Å². The number of carbonyl (C=O) groups is 2. The molecule has 0 aliphatic heterocycles. The van der Waals surface area contributed by atoms with Crippen LogP contribution in [0.1, 0.15) is 22.6 Å². The van der Waals surface area contributed by atoms with Crippen LogP contribution in [0.15, 0.2) is 78.9 Å². The number of carbonyl (C=O) groups excluding carboxylic acids is 1. The molecule has 3 rings (SSSR count). The van der Waals surface area contributed by atoms with Crippen molar-refractivity contribution in [2.24, 2.45) is 0 Å². The van der Waals surface area contributed by atoms with E-state index in [0.29, 0.717) is 15.6 Å². The second-order valence-electron chi connectivity index (χ2n) is 6.56. The summed E-state index contributed by atoms with van der Waals surface area (Å²) in [6.07, 6.45) is -0.0180. The second-order valence-corrected chi connectivity index (χ2v) is 7.37. The van der Waals surface area contributed by atoms with Crippen molar-refractivity contribution >= 4 is 35.1 Å². The minimum absolute atomic E-state index is 0.0180. The first-order chi connectivity index (χ1) is 14.0. The van der Waals surface area contributed by atoms with Crippen molar-refractivity contribution in [3.05, 3.63) is 106 Å². The first kappa shape index (κ1) is 20.9. The van der Waals surface area contributed by atoms with Crippen molar-refractivity contribution in [3.63, 3.8) is 0 Å². The molecule has 0 saturated heterocycles. The van der Waals surface area contributed by atoms with E-state index in [2.05, 4.69) is 5.32 Å². The van der Waals surface area contributed by atoms with Gasteiger partial charge in [-0.25, -0.2) is 4.79 Å². The van der Waals surface area contributed by atoms with E-state index in [0.717, 1.165) is 11.1 Å². The van der Waals surface area contributed by atoms with Crippen molar-refractivity contribution in [2.45, 2.75) is 18.4 Å². The molecule has 29 heavy (non-hydrogen) atoms. The van der Waals surface area contributed by atoms with Gasteiger partial charge in [0.2, 0.25) is 5.91 Å². The van der Waals surface area contributed by atoms with Crippen molar-refractivity contribution in [3.8, 4) is 0 Å². The van der Waals surface area contributed by atoms with Crippen LogP contribution >= 0.6 is 23.2 Å². The lowest BCUT2D eigenvalue weighted by Crippen LogP contribution is -2.44. The molecular formula is C23H19Cl2NO3. The Labute approximate surface area is 179 Å². The zero-order valence-electron chi connectivity index (χ0n) is 15.4. The topological polar surface area (TPSA) is 66.4 Å². The Morgan fingerprint density at radius 3 is 1.72 bits per heavy atom. The van der Waals surface area contributed by atoms with E-state index in [1.807, 2.05) is 60.7 Å². The summed E-state index contributed by atoms with van der Waals surface area (Å²) in [5.74, 6) is -2.20. The molecule has 0 aromatic heterocycles. The van der Waals surface area contributed by atoms with Gasteiger partial charge in [0.15, 0.2) is 0 Å². The Morgan fingerprint density at radius 2 is 1.28 bits per heavy atom. The molecule has 4 nitrogen and oxygen atoms in total. The van der Waals surface area contributed by atoms with Crippen LogP contribution in [0.2, 0.25) is 10.0 Å². The Balaban J connectivity index is 1.90. The Hall–Kier alpha value is -2.82. The number of halogens is 2. The molecule has 0 heterocycles.